The predicted octanol–water partition coefficient (Wildman–Crippen LogP) is 0.644. The Bertz CT molecular complexity index is 413. The number of ether oxygens (including phenoxy) is 1. The van der Waals surface area contributed by atoms with Crippen LogP contribution in [0.25, 0.3) is 0 Å². The van der Waals surface area contributed by atoms with Gasteiger partial charge in [0.15, 0.2) is 5.82 Å². The molecule has 7 nitrogen and oxygen atoms in total. The highest BCUT2D eigenvalue weighted by Gasteiger charge is 2.36. The number of aromatic nitrogens is 2. The van der Waals surface area contributed by atoms with Crippen molar-refractivity contribution in [1.82, 2.24) is 15.5 Å². The highest BCUT2D eigenvalue weighted by Crippen LogP contribution is 2.32. The first-order valence-corrected chi connectivity index (χ1v) is 6.98. The first-order valence-electron chi connectivity index (χ1n) is 6.98. The molecule has 1 aliphatic carbocycles. The fourth-order valence-electron chi connectivity index (χ4n) is 2.51. The summed E-state index contributed by atoms with van der Waals surface area (Å²) in [5, 5.41) is 17.3. The van der Waals surface area contributed by atoms with Crippen LogP contribution in [0.5, 0.6) is 0 Å². The molecule has 0 saturated heterocycles. The molecule has 0 unspecified atom stereocenters. The molecular weight excluding hydrogens is 262 g/mol. The molecule has 0 atom stereocenters. The van der Waals surface area contributed by atoms with Crippen molar-refractivity contribution in [2.75, 3.05) is 13.2 Å². The molecule has 0 aliphatic heterocycles. The molecule has 1 fully saturated rings. The van der Waals surface area contributed by atoms with E-state index in [1.807, 2.05) is 0 Å². The number of rotatable bonds is 6. The Hall–Kier alpha value is -1.47. The maximum absolute atomic E-state index is 11.6. The third kappa shape index (κ3) is 4.01. The van der Waals surface area contributed by atoms with Gasteiger partial charge >= 0.3 is 5.97 Å². The fraction of sp³-hybridized carbons (Fsp3) is 0.769. The summed E-state index contributed by atoms with van der Waals surface area (Å²) in [5.41, 5.74) is -0.771. The van der Waals surface area contributed by atoms with Gasteiger partial charge in [-0.05, 0) is 32.6 Å². The molecule has 2 rings (SSSR count). The molecule has 2 N–H and O–H groups in total. The van der Waals surface area contributed by atoms with E-state index >= 15 is 0 Å². The maximum atomic E-state index is 11.6. The molecule has 7 heteroatoms. The van der Waals surface area contributed by atoms with E-state index in [1.165, 1.54) is 6.39 Å². The molecule has 0 radical (unpaired) electrons. The first kappa shape index (κ1) is 14.9. The topological polar surface area (TPSA) is 97.5 Å². The zero-order valence-electron chi connectivity index (χ0n) is 11.7. The lowest BCUT2D eigenvalue weighted by Crippen LogP contribution is -2.44. The Labute approximate surface area is 117 Å². The van der Waals surface area contributed by atoms with E-state index in [1.54, 1.807) is 6.92 Å². The van der Waals surface area contributed by atoms with Crippen molar-refractivity contribution in [3.05, 3.63) is 12.2 Å². The summed E-state index contributed by atoms with van der Waals surface area (Å²) in [6.07, 6.45) is 3.79. The van der Waals surface area contributed by atoms with Crippen molar-refractivity contribution in [3.8, 4) is 0 Å². The molecule has 1 aromatic rings. The fourth-order valence-corrected chi connectivity index (χ4v) is 2.51. The van der Waals surface area contributed by atoms with Gasteiger partial charge in [0.05, 0.1) is 24.7 Å². The van der Waals surface area contributed by atoms with E-state index in [0.29, 0.717) is 51.2 Å². The Morgan fingerprint density at radius 3 is 2.95 bits per heavy atom. The number of nitrogens with one attached hydrogen (secondary N) is 1. The van der Waals surface area contributed by atoms with Crippen molar-refractivity contribution in [1.29, 1.82) is 0 Å². The van der Waals surface area contributed by atoms with Crippen LogP contribution in [-0.4, -0.2) is 40.0 Å². The molecule has 1 heterocycles. The van der Waals surface area contributed by atoms with Gasteiger partial charge in [0.25, 0.3) is 0 Å². The third-order valence-electron chi connectivity index (χ3n) is 3.68. The number of carbonyl (C=O) groups is 1. The van der Waals surface area contributed by atoms with Crippen LogP contribution in [0, 0.1) is 5.92 Å². The first-order chi connectivity index (χ1) is 9.63. The molecule has 0 bridgehead atoms. The average molecular weight is 283 g/mol. The second-order valence-electron chi connectivity index (χ2n) is 5.20. The zero-order valence-corrected chi connectivity index (χ0v) is 11.7. The van der Waals surface area contributed by atoms with Crippen molar-refractivity contribution in [3.63, 3.8) is 0 Å². The molecule has 112 valence electrons. The van der Waals surface area contributed by atoms with Crippen molar-refractivity contribution in [2.24, 2.45) is 5.92 Å². The van der Waals surface area contributed by atoms with Gasteiger partial charge in [-0.3, -0.25) is 4.79 Å². The normalized spacial score (nSPS) is 26.4. The molecule has 0 aromatic carbocycles. The Morgan fingerprint density at radius 1 is 1.60 bits per heavy atom. The Morgan fingerprint density at radius 2 is 2.35 bits per heavy atom. The van der Waals surface area contributed by atoms with Crippen molar-refractivity contribution in [2.45, 2.75) is 44.8 Å². The summed E-state index contributed by atoms with van der Waals surface area (Å²) >= 11 is 0. The van der Waals surface area contributed by atoms with Gasteiger partial charge in [0.1, 0.15) is 0 Å². The molecule has 1 saturated carbocycles. The van der Waals surface area contributed by atoms with Gasteiger partial charge in [-0.1, -0.05) is 5.16 Å². The maximum Gasteiger partial charge on any atom is 0.308 e. The number of hydrogen-bond acceptors (Lipinski definition) is 7. The average Bonchev–Trinajstić information content (AvgIpc) is 2.93. The summed E-state index contributed by atoms with van der Waals surface area (Å²) in [6, 6.07) is 0. The Balaban J connectivity index is 1.72. The number of esters is 1. The van der Waals surface area contributed by atoms with Crippen molar-refractivity contribution >= 4 is 5.97 Å². The van der Waals surface area contributed by atoms with Gasteiger partial charge in [-0.25, -0.2) is 0 Å². The summed E-state index contributed by atoms with van der Waals surface area (Å²) < 4.78 is 9.65. The SMILES string of the molecule is CCOC(=O)C1CCC(O)(CNCc2ncon2)CC1. The summed E-state index contributed by atoms with van der Waals surface area (Å²) in [6.45, 7) is 3.13. The predicted molar refractivity (Wildman–Crippen MR) is 69.5 cm³/mol. The van der Waals surface area contributed by atoms with Crippen LogP contribution in [0.2, 0.25) is 0 Å². The molecule has 0 spiro atoms. The highest BCUT2D eigenvalue weighted by atomic mass is 16.5. The van der Waals surface area contributed by atoms with Gasteiger partial charge in [0.2, 0.25) is 6.39 Å². The second kappa shape index (κ2) is 6.81. The van der Waals surface area contributed by atoms with Crippen LogP contribution in [0.1, 0.15) is 38.4 Å². The minimum absolute atomic E-state index is 0.0765. The standard InChI is InChI=1S/C13H21N3O4/c1-2-19-12(17)10-3-5-13(18,6-4-10)8-14-7-11-15-9-20-16-11/h9-10,14,18H,2-8H2,1H3. The van der Waals surface area contributed by atoms with E-state index in [-0.39, 0.29) is 11.9 Å². The minimum Gasteiger partial charge on any atom is -0.466 e. The van der Waals surface area contributed by atoms with Gasteiger partial charge in [-0.15, -0.1) is 0 Å². The van der Waals surface area contributed by atoms with Gasteiger partial charge in [0, 0.05) is 6.54 Å². The number of hydrogen-bond donors (Lipinski definition) is 2. The second-order valence-corrected chi connectivity index (χ2v) is 5.20. The van der Waals surface area contributed by atoms with Crippen LogP contribution in [0.3, 0.4) is 0 Å². The smallest absolute Gasteiger partial charge is 0.308 e. The van der Waals surface area contributed by atoms with Crippen LogP contribution < -0.4 is 5.32 Å². The summed E-state index contributed by atoms with van der Waals surface area (Å²) in [5.74, 6) is 0.343. The lowest BCUT2D eigenvalue weighted by molar-refractivity contribution is -0.151. The van der Waals surface area contributed by atoms with E-state index in [9.17, 15) is 9.90 Å². The summed E-state index contributed by atoms with van der Waals surface area (Å²) in [4.78, 5) is 15.5. The number of nitrogens with zero attached hydrogens (tertiary/aromatic N) is 2. The largest absolute Gasteiger partial charge is 0.466 e. The van der Waals surface area contributed by atoms with Crippen molar-refractivity contribution < 1.29 is 19.2 Å². The lowest BCUT2D eigenvalue weighted by Gasteiger charge is -2.35. The molecular formula is C13H21N3O4. The van der Waals surface area contributed by atoms with Gasteiger partial charge < -0.3 is 19.7 Å². The minimum atomic E-state index is -0.771. The van der Waals surface area contributed by atoms with Crippen LogP contribution in [0.4, 0.5) is 0 Å². The van der Waals surface area contributed by atoms with Crippen LogP contribution in [0.15, 0.2) is 10.9 Å². The molecule has 1 aliphatic rings. The number of aliphatic hydroxyl groups is 1. The Kier molecular flexibility index (Phi) is 5.08. The van der Waals surface area contributed by atoms with E-state index in [4.69, 9.17) is 4.74 Å². The molecule has 0 amide bonds. The van der Waals surface area contributed by atoms with Gasteiger partial charge in [-0.2, -0.15) is 4.98 Å². The quantitative estimate of drug-likeness (QED) is 0.739. The number of carbonyl (C=O) groups excluding carboxylic acids is 1. The third-order valence-corrected chi connectivity index (χ3v) is 3.68. The zero-order chi connectivity index (χ0) is 14.4. The van der Waals surface area contributed by atoms with E-state index in [2.05, 4.69) is 20.0 Å². The summed E-state index contributed by atoms with van der Waals surface area (Å²) in [7, 11) is 0. The highest BCUT2D eigenvalue weighted by molar-refractivity contribution is 5.72. The van der Waals surface area contributed by atoms with E-state index in [0.717, 1.165) is 0 Å². The molecule has 1 aromatic heterocycles. The lowest BCUT2D eigenvalue weighted by atomic mass is 9.79. The van der Waals surface area contributed by atoms with E-state index < -0.39 is 5.60 Å². The van der Waals surface area contributed by atoms with Crippen LogP contribution in [-0.2, 0) is 16.1 Å². The monoisotopic (exact) mass is 283 g/mol. The molecule has 20 heavy (non-hydrogen) atoms. The van der Waals surface area contributed by atoms with Crippen LogP contribution >= 0.6 is 0 Å².